The number of nitrogens with two attached hydrogens (primary N) is 1. The minimum Gasteiger partial charge on any atom is -0.369 e. The Kier molecular flexibility index (Phi) is 4.81. The van der Waals surface area contributed by atoms with Crippen LogP contribution in [0.2, 0.25) is 0 Å². The summed E-state index contributed by atoms with van der Waals surface area (Å²) >= 11 is 1.80. The fourth-order valence-electron chi connectivity index (χ4n) is 2.66. The van der Waals surface area contributed by atoms with E-state index in [0.29, 0.717) is 12.5 Å². The summed E-state index contributed by atoms with van der Waals surface area (Å²) in [6.07, 6.45) is 7.18. The Hall–Kier alpha value is -0.940. The maximum Gasteiger partial charge on any atom is 0.231 e. The van der Waals surface area contributed by atoms with E-state index in [1.807, 2.05) is 6.20 Å². The summed E-state index contributed by atoms with van der Waals surface area (Å²) in [5.74, 6) is 0.383. The van der Waals surface area contributed by atoms with Crippen LogP contribution in [0, 0.1) is 0 Å². The number of nitrogens with zero attached hydrogens (tertiary/aromatic N) is 2. The molecule has 20 heavy (non-hydrogen) atoms. The third kappa shape index (κ3) is 4.03. The van der Waals surface area contributed by atoms with Gasteiger partial charge in [-0.3, -0.25) is 9.69 Å². The molecule has 1 heterocycles. The zero-order valence-electron chi connectivity index (χ0n) is 12.7. The number of thiazole rings is 1. The Morgan fingerprint density at radius 2 is 2.10 bits per heavy atom. The van der Waals surface area contributed by atoms with Crippen LogP contribution in [0.4, 0.5) is 0 Å². The number of primary amides is 1. The molecule has 0 atom stereocenters. The average Bonchev–Trinajstić information content (AvgIpc) is 2.95. The fourth-order valence-corrected chi connectivity index (χ4v) is 3.77. The first-order valence-electron chi connectivity index (χ1n) is 7.34. The lowest BCUT2D eigenvalue weighted by molar-refractivity contribution is -0.120. The van der Waals surface area contributed by atoms with Gasteiger partial charge in [-0.25, -0.2) is 4.98 Å². The molecular weight excluding hydrogens is 270 g/mol. The maximum absolute atomic E-state index is 11.2. The lowest BCUT2D eigenvalue weighted by atomic mass is 10.1. The van der Waals surface area contributed by atoms with Crippen molar-refractivity contribution in [1.82, 2.24) is 9.88 Å². The van der Waals surface area contributed by atoms with E-state index >= 15 is 0 Å². The molecule has 0 radical (unpaired) electrons. The van der Waals surface area contributed by atoms with Crippen LogP contribution in [0.5, 0.6) is 0 Å². The third-order valence-corrected chi connectivity index (χ3v) is 5.06. The van der Waals surface area contributed by atoms with E-state index in [0.717, 1.165) is 6.54 Å². The van der Waals surface area contributed by atoms with Gasteiger partial charge in [0.1, 0.15) is 0 Å². The van der Waals surface area contributed by atoms with Gasteiger partial charge < -0.3 is 5.73 Å². The zero-order chi connectivity index (χ0) is 14.8. The molecule has 0 unspecified atom stereocenters. The van der Waals surface area contributed by atoms with Crippen molar-refractivity contribution in [2.24, 2.45) is 5.73 Å². The predicted octanol–water partition coefficient (Wildman–Crippen LogP) is 2.89. The number of hydrogen-bond donors (Lipinski definition) is 1. The van der Waals surface area contributed by atoms with Gasteiger partial charge in [0.25, 0.3) is 0 Å². The smallest absolute Gasteiger partial charge is 0.231 e. The van der Waals surface area contributed by atoms with Gasteiger partial charge in [0, 0.05) is 29.1 Å². The van der Waals surface area contributed by atoms with Crippen LogP contribution in [0.3, 0.4) is 0 Å². The van der Waals surface area contributed by atoms with E-state index in [1.54, 1.807) is 11.3 Å². The average molecular weight is 295 g/mol. The van der Waals surface area contributed by atoms with E-state index in [-0.39, 0.29) is 11.4 Å². The summed E-state index contributed by atoms with van der Waals surface area (Å²) in [5, 5.41) is 1.27. The molecule has 0 spiro atoms. The van der Waals surface area contributed by atoms with Crippen molar-refractivity contribution < 1.29 is 4.79 Å². The molecule has 112 valence electrons. The van der Waals surface area contributed by atoms with Gasteiger partial charge in [-0.1, -0.05) is 12.8 Å². The molecular formula is C15H25N3OS. The van der Waals surface area contributed by atoms with Crippen molar-refractivity contribution in [2.75, 3.05) is 6.54 Å². The number of amides is 1. The summed E-state index contributed by atoms with van der Waals surface area (Å²) < 4.78 is 0. The monoisotopic (exact) mass is 295 g/mol. The van der Waals surface area contributed by atoms with Crippen LogP contribution in [-0.2, 0) is 11.3 Å². The number of hydrogen-bond acceptors (Lipinski definition) is 4. The fraction of sp³-hybridized carbons (Fsp3) is 0.733. The van der Waals surface area contributed by atoms with Gasteiger partial charge in [0.15, 0.2) is 0 Å². The molecule has 0 bridgehead atoms. The molecule has 2 N–H and O–H groups in total. The molecule has 5 heteroatoms. The Morgan fingerprint density at radius 1 is 1.45 bits per heavy atom. The molecule has 1 aromatic rings. The lowest BCUT2D eigenvalue weighted by Crippen LogP contribution is -2.45. The molecule has 0 saturated heterocycles. The standard InChI is InChI=1S/C15H25N3OS/c1-15(2,3)18(10-13(16)19)9-12-8-17-14(20-12)11-6-4-5-7-11/h8,11H,4-7,9-10H2,1-3H3,(H2,16,19). The van der Waals surface area contributed by atoms with Gasteiger partial charge in [-0.05, 0) is 33.6 Å². The Bertz CT molecular complexity index is 458. The normalized spacial score (nSPS) is 17.0. The second-order valence-electron chi connectivity index (χ2n) is 6.64. The minimum absolute atomic E-state index is 0.0768. The van der Waals surface area contributed by atoms with Gasteiger partial charge >= 0.3 is 0 Å². The highest BCUT2D eigenvalue weighted by atomic mass is 32.1. The molecule has 1 fully saturated rings. The summed E-state index contributed by atoms with van der Waals surface area (Å²) in [6, 6.07) is 0. The highest BCUT2D eigenvalue weighted by Gasteiger charge is 2.25. The SMILES string of the molecule is CC(C)(C)N(CC(N)=O)Cc1cnc(C2CCCC2)s1. The van der Waals surface area contributed by atoms with Crippen LogP contribution in [0.25, 0.3) is 0 Å². The van der Waals surface area contributed by atoms with Crippen molar-refractivity contribution in [3.63, 3.8) is 0 Å². The van der Waals surface area contributed by atoms with Crippen molar-refractivity contribution in [3.8, 4) is 0 Å². The molecule has 0 aromatic carbocycles. The first-order valence-corrected chi connectivity index (χ1v) is 8.16. The molecule has 1 aliphatic rings. The molecule has 4 nitrogen and oxygen atoms in total. The van der Waals surface area contributed by atoms with Crippen molar-refractivity contribution >= 4 is 17.2 Å². The molecule has 1 amide bonds. The topological polar surface area (TPSA) is 59.2 Å². The van der Waals surface area contributed by atoms with Crippen LogP contribution >= 0.6 is 11.3 Å². The highest BCUT2D eigenvalue weighted by Crippen LogP contribution is 2.36. The van der Waals surface area contributed by atoms with Crippen molar-refractivity contribution in [2.45, 2.75) is 64.5 Å². The van der Waals surface area contributed by atoms with Crippen LogP contribution in [0.1, 0.15) is 62.3 Å². The molecule has 0 aliphatic heterocycles. The van der Waals surface area contributed by atoms with E-state index in [2.05, 4.69) is 30.7 Å². The van der Waals surface area contributed by atoms with Crippen LogP contribution in [0.15, 0.2) is 6.20 Å². The van der Waals surface area contributed by atoms with E-state index in [1.165, 1.54) is 35.6 Å². The van der Waals surface area contributed by atoms with E-state index in [9.17, 15) is 4.79 Å². The maximum atomic E-state index is 11.2. The van der Waals surface area contributed by atoms with Gasteiger partial charge in [0.2, 0.25) is 5.91 Å². The molecule has 2 rings (SSSR count). The Morgan fingerprint density at radius 3 is 2.65 bits per heavy atom. The van der Waals surface area contributed by atoms with Gasteiger partial charge in [-0.15, -0.1) is 11.3 Å². The van der Waals surface area contributed by atoms with Crippen molar-refractivity contribution in [1.29, 1.82) is 0 Å². The van der Waals surface area contributed by atoms with Gasteiger partial charge in [-0.2, -0.15) is 0 Å². The van der Waals surface area contributed by atoms with E-state index in [4.69, 9.17) is 5.73 Å². The molecule has 1 aliphatic carbocycles. The number of aromatic nitrogens is 1. The molecule has 1 saturated carbocycles. The minimum atomic E-state index is -0.277. The highest BCUT2D eigenvalue weighted by molar-refractivity contribution is 7.11. The zero-order valence-corrected chi connectivity index (χ0v) is 13.5. The third-order valence-electron chi connectivity index (χ3n) is 3.92. The summed E-state index contributed by atoms with van der Waals surface area (Å²) in [6.45, 7) is 7.36. The van der Waals surface area contributed by atoms with Gasteiger partial charge in [0.05, 0.1) is 11.6 Å². The second-order valence-corrected chi connectivity index (χ2v) is 7.79. The first kappa shape index (κ1) is 15.4. The number of carbonyl (C=O) groups is 1. The Balaban J connectivity index is 2.04. The van der Waals surface area contributed by atoms with Crippen LogP contribution < -0.4 is 5.73 Å². The summed E-state index contributed by atoms with van der Waals surface area (Å²) in [4.78, 5) is 19.2. The Labute approximate surface area is 125 Å². The largest absolute Gasteiger partial charge is 0.369 e. The van der Waals surface area contributed by atoms with Crippen LogP contribution in [-0.4, -0.2) is 27.9 Å². The first-order chi connectivity index (χ1) is 9.36. The quantitative estimate of drug-likeness (QED) is 0.908. The van der Waals surface area contributed by atoms with E-state index < -0.39 is 0 Å². The second kappa shape index (κ2) is 6.22. The summed E-state index contributed by atoms with van der Waals surface area (Å²) in [5.41, 5.74) is 5.28. The van der Waals surface area contributed by atoms with Crippen molar-refractivity contribution in [3.05, 3.63) is 16.1 Å². The predicted molar refractivity (Wildman–Crippen MR) is 82.7 cm³/mol. The summed E-state index contributed by atoms with van der Waals surface area (Å²) in [7, 11) is 0. The number of carbonyl (C=O) groups excluding carboxylic acids is 1. The number of rotatable bonds is 5. The molecule has 1 aromatic heterocycles. The lowest BCUT2D eigenvalue weighted by Gasteiger charge is -2.34.